The predicted molar refractivity (Wildman–Crippen MR) is 64.3 cm³/mol. The molecule has 0 radical (unpaired) electrons. The van der Waals surface area contributed by atoms with Crippen molar-refractivity contribution in [3.63, 3.8) is 0 Å². The summed E-state index contributed by atoms with van der Waals surface area (Å²) in [6.45, 7) is 4.84. The monoisotopic (exact) mass is 225 g/mol. The Morgan fingerprint density at radius 2 is 2.00 bits per heavy atom. The zero-order valence-electron chi connectivity index (χ0n) is 10.2. The van der Waals surface area contributed by atoms with Crippen LogP contribution in [0.2, 0.25) is 0 Å². The van der Waals surface area contributed by atoms with Gasteiger partial charge < -0.3 is 10.2 Å². The fraction of sp³-hybridized carbons (Fsp3) is 0.917. The Labute approximate surface area is 98.0 Å². The molecule has 1 atom stereocenters. The van der Waals surface area contributed by atoms with Gasteiger partial charge in [-0.05, 0) is 45.8 Å². The molecule has 4 nitrogen and oxygen atoms in total. The summed E-state index contributed by atoms with van der Waals surface area (Å²) in [6.07, 6.45) is 5.10. The molecule has 1 amide bonds. The minimum Gasteiger partial charge on any atom is -0.340 e. The maximum absolute atomic E-state index is 11.8. The maximum Gasteiger partial charge on any atom is 0.236 e. The molecule has 2 aliphatic rings. The number of likely N-dealkylation sites (N-methyl/N-ethyl adjacent to an activating group) is 1. The van der Waals surface area contributed by atoms with Crippen molar-refractivity contribution in [1.82, 2.24) is 15.1 Å². The summed E-state index contributed by atoms with van der Waals surface area (Å²) in [4.78, 5) is 16.4. The lowest BCUT2D eigenvalue weighted by Gasteiger charge is -2.37. The second-order valence-electron chi connectivity index (χ2n) is 4.91. The predicted octanol–water partition coefficient (Wildman–Crippen LogP) is 0.293. The maximum atomic E-state index is 11.8. The van der Waals surface area contributed by atoms with E-state index in [9.17, 15) is 4.79 Å². The van der Waals surface area contributed by atoms with Crippen LogP contribution in [0.4, 0.5) is 0 Å². The largest absolute Gasteiger partial charge is 0.340 e. The highest BCUT2D eigenvalue weighted by molar-refractivity contribution is 5.78. The molecule has 0 spiro atoms. The van der Waals surface area contributed by atoms with Gasteiger partial charge in [0.1, 0.15) is 0 Å². The van der Waals surface area contributed by atoms with Crippen molar-refractivity contribution in [2.45, 2.75) is 31.7 Å². The van der Waals surface area contributed by atoms with E-state index in [1.165, 1.54) is 32.4 Å². The van der Waals surface area contributed by atoms with E-state index in [0.29, 0.717) is 12.6 Å². The Balaban J connectivity index is 1.85. The molecule has 2 rings (SSSR count). The van der Waals surface area contributed by atoms with Crippen molar-refractivity contribution in [2.75, 3.05) is 39.8 Å². The average Bonchev–Trinajstić information content (AvgIpc) is 2.83. The highest BCUT2D eigenvalue weighted by Crippen LogP contribution is 2.20. The highest BCUT2D eigenvalue weighted by Gasteiger charge is 2.28. The van der Waals surface area contributed by atoms with E-state index in [1.807, 2.05) is 11.9 Å². The van der Waals surface area contributed by atoms with Gasteiger partial charge in [-0.2, -0.15) is 0 Å². The number of rotatable bonds is 3. The first kappa shape index (κ1) is 11.9. The standard InChI is InChI=1S/C12H23N3O/c1-13-9-12(16)15-8-4-5-11(10-15)14-6-2-3-7-14/h11,13H,2-10H2,1H3. The van der Waals surface area contributed by atoms with E-state index in [0.717, 1.165) is 19.5 Å². The number of nitrogens with one attached hydrogen (secondary N) is 1. The fourth-order valence-corrected chi connectivity index (χ4v) is 2.85. The minimum atomic E-state index is 0.256. The van der Waals surface area contributed by atoms with E-state index in [4.69, 9.17) is 0 Å². The van der Waals surface area contributed by atoms with Gasteiger partial charge in [0.25, 0.3) is 0 Å². The lowest BCUT2D eigenvalue weighted by atomic mass is 10.0. The van der Waals surface area contributed by atoms with Gasteiger partial charge >= 0.3 is 0 Å². The van der Waals surface area contributed by atoms with E-state index in [2.05, 4.69) is 10.2 Å². The summed E-state index contributed by atoms with van der Waals surface area (Å²) in [6, 6.07) is 0.622. The van der Waals surface area contributed by atoms with E-state index in [-0.39, 0.29) is 5.91 Å². The third kappa shape index (κ3) is 2.74. The molecule has 2 fully saturated rings. The number of amides is 1. The lowest BCUT2D eigenvalue weighted by Crippen LogP contribution is -2.50. The molecule has 0 aromatic heterocycles. The second kappa shape index (κ2) is 5.64. The molecule has 0 aromatic rings. The van der Waals surface area contributed by atoms with Crippen molar-refractivity contribution in [2.24, 2.45) is 0 Å². The van der Waals surface area contributed by atoms with Crippen molar-refractivity contribution in [3.8, 4) is 0 Å². The Morgan fingerprint density at radius 1 is 1.25 bits per heavy atom. The van der Waals surface area contributed by atoms with Crippen LogP contribution in [0.1, 0.15) is 25.7 Å². The molecule has 2 aliphatic heterocycles. The summed E-state index contributed by atoms with van der Waals surface area (Å²) >= 11 is 0. The topological polar surface area (TPSA) is 35.6 Å². The average molecular weight is 225 g/mol. The molecular weight excluding hydrogens is 202 g/mol. The Hall–Kier alpha value is -0.610. The first-order valence-electron chi connectivity index (χ1n) is 6.47. The Morgan fingerprint density at radius 3 is 2.69 bits per heavy atom. The summed E-state index contributed by atoms with van der Waals surface area (Å²) in [7, 11) is 1.83. The molecule has 0 aromatic carbocycles. The molecule has 0 bridgehead atoms. The summed E-state index contributed by atoms with van der Waals surface area (Å²) in [5.74, 6) is 0.256. The first-order chi connectivity index (χ1) is 7.81. The van der Waals surface area contributed by atoms with Crippen molar-refractivity contribution < 1.29 is 4.79 Å². The number of piperidine rings is 1. The van der Waals surface area contributed by atoms with Crippen LogP contribution in [0.25, 0.3) is 0 Å². The minimum absolute atomic E-state index is 0.256. The number of likely N-dealkylation sites (tertiary alicyclic amines) is 2. The van der Waals surface area contributed by atoms with Gasteiger partial charge in [0, 0.05) is 19.1 Å². The molecule has 1 unspecified atom stereocenters. The molecule has 2 heterocycles. The summed E-state index contributed by atoms with van der Waals surface area (Å²) < 4.78 is 0. The zero-order chi connectivity index (χ0) is 11.4. The van der Waals surface area contributed by atoms with Crippen LogP contribution >= 0.6 is 0 Å². The summed E-state index contributed by atoms with van der Waals surface area (Å²) in [5, 5.41) is 2.94. The molecule has 92 valence electrons. The van der Waals surface area contributed by atoms with E-state index < -0.39 is 0 Å². The van der Waals surface area contributed by atoms with Crippen LogP contribution in [-0.2, 0) is 4.79 Å². The quantitative estimate of drug-likeness (QED) is 0.750. The van der Waals surface area contributed by atoms with Crippen LogP contribution in [0.15, 0.2) is 0 Å². The zero-order valence-corrected chi connectivity index (χ0v) is 10.2. The van der Waals surface area contributed by atoms with Crippen molar-refractivity contribution >= 4 is 5.91 Å². The normalized spacial score (nSPS) is 27.3. The van der Waals surface area contributed by atoms with Crippen molar-refractivity contribution in [3.05, 3.63) is 0 Å². The first-order valence-corrected chi connectivity index (χ1v) is 6.47. The number of nitrogens with zero attached hydrogens (tertiary/aromatic N) is 2. The van der Waals surface area contributed by atoms with Crippen LogP contribution in [0.5, 0.6) is 0 Å². The van der Waals surface area contributed by atoms with Gasteiger partial charge in [0.15, 0.2) is 0 Å². The molecule has 4 heteroatoms. The lowest BCUT2D eigenvalue weighted by molar-refractivity contribution is -0.132. The number of carbonyl (C=O) groups excluding carboxylic acids is 1. The van der Waals surface area contributed by atoms with Gasteiger partial charge in [-0.1, -0.05) is 0 Å². The van der Waals surface area contributed by atoms with E-state index in [1.54, 1.807) is 0 Å². The Bertz CT molecular complexity index is 238. The number of hydrogen-bond acceptors (Lipinski definition) is 3. The van der Waals surface area contributed by atoms with Gasteiger partial charge in [-0.3, -0.25) is 9.69 Å². The van der Waals surface area contributed by atoms with E-state index >= 15 is 0 Å². The van der Waals surface area contributed by atoms with Gasteiger partial charge in [-0.25, -0.2) is 0 Å². The van der Waals surface area contributed by atoms with Gasteiger partial charge in [0.05, 0.1) is 6.54 Å². The molecule has 1 N–H and O–H groups in total. The van der Waals surface area contributed by atoms with Crippen LogP contribution < -0.4 is 5.32 Å². The Kier molecular flexibility index (Phi) is 4.18. The smallest absolute Gasteiger partial charge is 0.236 e. The molecular formula is C12H23N3O. The second-order valence-corrected chi connectivity index (χ2v) is 4.91. The molecule has 16 heavy (non-hydrogen) atoms. The third-order valence-corrected chi connectivity index (χ3v) is 3.73. The third-order valence-electron chi connectivity index (χ3n) is 3.73. The highest BCUT2D eigenvalue weighted by atomic mass is 16.2. The molecule has 2 saturated heterocycles. The van der Waals surface area contributed by atoms with Crippen molar-refractivity contribution in [1.29, 1.82) is 0 Å². The molecule has 0 saturated carbocycles. The summed E-state index contributed by atoms with van der Waals surface area (Å²) in [5.41, 5.74) is 0. The number of hydrogen-bond donors (Lipinski definition) is 1. The fourth-order valence-electron chi connectivity index (χ4n) is 2.85. The van der Waals surface area contributed by atoms with Crippen LogP contribution in [0, 0.1) is 0 Å². The van der Waals surface area contributed by atoms with Crippen LogP contribution in [0.3, 0.4) is 0 Å². The van der Waals surface area contributed by atoms with Gasteiger partial charge in [-0.15, -0.1) is 0 Å². The number of carbonyl (C=O) groups is 1. The molecule has 0 aliphatic carbocycles. The van der Waals surface area contributed by atoms with Crippen LogP contribution in [-0.4, -0.2) is 61.5 Å². The SMILES string of the molecule is CNCC(=O)N1CCCC(N2CCCC2)C1. The van der Waals surface area contributed by atoms with Gasteiger partial charge in [0.2, 0.25) is 5.91 Å².